The molecule has 1 atom stereocenters. The number of nitrogens with two attached hydrogens (primary N) is 1. The molecule has 1 heterocycles. The highest BCUT2D eigenvalue weighted by Crippen LogP contribution is 2.37. The van der Waals surface area contributed by atoms with Gasteiger partial charge >= 0.3 is 0 Å². The number of carbonyl (C=O) groups is 1. The van der Waals surface area contributed by atoms with E-state index >= 15 is 0 Å². The van der Waals surface area contributed by atoms with E-state index in [1.807, 2.05) is 36.4 Å². The fourth-order valence-corrected chi connectivity index (χ4v) is 4.68. The monoisotopic (exact) mass is 430 g/mol. The van der Waals surface area contributed by atoms with Crippen LogP contribution in [-0.2, 0) is 17.8 Å². The maximum atomic E-state index is 12.6. The lowest BCUT2D eigenvalue weighted by molar-refractivity contribution is -0.127. The zero-order valence-electron chi connectivity index (χ0n) is 18.7. The van der Waals surface area contributed by atoms with Crippen LogP contribution in [0.3, 0.4) is 0 Å². The molecule has 3 aromatic rings. The number of hydrogen-bond donors (Lipinski definition) is 1. The molecule has 32 heavy (non-hydrogen) atoms. The van der Waals surface area contributed by atoms with Crippen LogP contribution in [0.4, 0.5) is 0 Å². The Balaban J connectivity index is 1.49. The predicted molar refractivity (Wildman–Crippen MR) is 127 cm³/mol. The van der Waals surface area contributed by atoms with Gasteiger partial charge in [0.2, 0.25) is 5.91 Å². The van der Waals surface area contributed by atoms with E-state index in [1.165, 1.54) is 11.1 Å². The Labute approximate surface area is 189 Å². The maximum Gasteiger partial charge on any atom is 0.225 e. The van der Waals surface area contributed by atoms with E-state index in [2.05, 4.69) is 41.3 Å². The number of methoxy groups -OCH3 is 2. The van der Waals surface area contributed by atoms with Crippen molar-refractivity contribution in [2.45, 2.75) is 19.4 Å². The molecule has 5 nitrogen and oxygen atoms in total. The molecule has 0 unspecified atom stereocenters. The summed E-state index contributed by atoms with van der Waals surface area (Å²) in [5.41, 5.74) is 9.90. The van der Waals surface area contributed by atoms with E-state index in [9.17, 15) is 4.79 Å². The van der Waals surface area contributed by atoms with Crippen LogP contribution >= 0.6 is 0 Å². The molecule has 0 spiro atoms. The summed E-state index contributed by atoms with van der Waals surface area (Å²) in [5.74, 6) is 1.22. The van der Waals surface area contributed by atoms with Crippen LogP contribution in [0.15, 0.2) is 72.8 Å². The lowest BCUT2D eigenvalue weighted by atomic mass is 9.80. The van der Waals surface area contributed by atoms with Gasteiger partial charge in [-0.15, -0.1) is 0 Å². The van der Waals surface area contributed by atoms with Crippen molar-refractivity contribution in [2.75, 3.05) is 27.3 Å². The Bertz CT molecular complexity index is 1070. The quantitative estimate of drug-likeness (QED) is 0.579. The van der Waals surface area contributed by atoms with Crippen LogP contribution in [0, 0.1) is 5.41 Å². The van der Waals surface area contributed by atoms with Crippen LogP contribution in [0.25, 0.3) is 11.1 Å². The summed E-state index contributed by atoms with van der Waals surface area (Å²) in [4.78, 5) is 14.9. The van der Waals surface area contributed by atoms with E-state index in [4.69, 9.17) is 15.2 Å². The van der Waals surface area contributed by atoms with E-state index in [0.29, 0.717) is 25.3 Å². The third-order valence-corrected chi connectivity index (χ3v) is 6.44. The van der Waals surface area contributed by atoms with E-state index in [0.717, 1.165) is 29.8 Å². The first kappa shape index (κ1) is 21.9. The van der Waals surface area contributed by atoms with Crippen molar-refractivity contribution in [3.63, 3.8) is 0 Å². The van der Waals surface area contributed by atoms with Gasteiger partial charge < -0.3 is 15.2 Å². The number of rotatable bonds is 8. The number of hydrogen-bond acceptors (Lipinski definition) is 4. The first-order valence-electron chi connectivity index (χ1n) is 10.9. The summed E-state index contributed by atoms with van der Waals surface area (Å²) in [6.45, 7) is 2.12. The van der Waals surface area contributed by atoms with Gasteiger partial charge in [0.1, 0.15) is 0 Å². The Morgan fingerprint density at radius 1 is 0.938 bits per heavy atom. The maximum absolute atomic E-state index is 12.6. The van der Waals surface area contributed by atoms with Gasteiger partial charge in [-0.25, -0.2) is 0 Å². The minimum atomic E-state index is -0.569. The van der Waals surface area contributed by atoms with Gasteiger partial charge in [-0.1, -0.05) is 66.7 Å². The van der Waals surface area contributed by atoms with Gasteiger partial charge in [-0.2, -0.15) is 0 Å². The van der Waals surface area contributed by atoms with Gasteiger partial charge in [-0.3, -0.25) is 9.69 Å². The minimum Gasteiger partial charge on any atom is -0.493 e. The second-order valence-electron chi connectivity index (χ2n) is 8.50. The fourth-order valence-electron chi connectivity index (χ4n) is 4.68. The van der Waals surface area contributed by atoms with Gasteiger partial charge in [0.25, 0.3) is 0 Å². The molecule has 0 radical (unpaired) electrons. The first-order chi connectivity index (χ1) is 15.5. The number of likely N-dealkylation sites (tertiary alicyclic amines) is 1. The summed E-state index contributed by atoms with van der Waals surface area (Å²) in [6.07, 6.45) is 1.39. The normalized spacial score (nSPS) is 18.4. The summed E-state index contributed by atoms with van der Waals surface area (Å²) in [5, 5.41) is 0. The second-order valence-corrected chi connectivity index (χ2v) is 8.50. The van der Waals surface area contributed by atoms with Crippen molar-refractivity contribution in [1.29, 1.82) is 0 Å². The van der Waals surface area contributed by atoms with Crippen molar-refractivity contribution < 1.29 is 14.3 Å². The highest BCUT2D eigenvalue weighted by molar-refractivity contribution is 5.82. The molecule has 5 heteroatoms. The lowest BCUT2D eigenvalue weighted by Gasteiger charge is -2.26. The van der Waals surface area contributed by atoms with Crippen molar-refractivity contribution in [2.24, 2.45) is 11.1 Å². The van der Waals surface area contributed by atoms with Crippen molar-refractivity contribution >= 4 is 5.91 Å². The smallest absolute Gasteiger partial charge is 0.225 e. The van der Waals surface area contributed by atoms with Crippen LogP contribution in [0.2, 0.25) is 0 Å². The van der Waals surface area contributed by atoms with Crippen LogP contribution < -0.4 is 15.2 Å². The van der Waals surface area contributed by atoms with E-state index in [-0.39, 0.29) is 5.91 Å². The molecule has 1 aliphatic rings. The molecule has 166 valence electrons. The molecule has 4 rings (SSSR count). The zero-order chi connectivity index (χ0) is 22.6. The molecule has 3 aromatic carbocycles. The molecule has 1 aliphatic heterocycles. The van der Waals surface area contributed by atoms with Gasteiger partial charge in [0.15, 0.2) is 11.5 Å². The minimum absolute atomic E-state index is 0.232. The number of amides is 1. The van der Waals surface area contributed by atoms with Gasteiger partial charge in [-0.05, 0) is 42.1 Å². The molecule has 0 bridgehead atoms. The molecular weight excluding hydrogens is 400 g/mol. The Morgan fingerprint density at radius 3 is 2.31 bits per heavy atom. The largest absolute Gasteiger partial charge is 0.493 e. The van der Waals surface area contributed by atoms with E-state index in [1.54, 1.807) is 14.2 Å². The third kappa shape index (κ3) is 4.48. The predicted octanol–water partition coefficient (Wildman–Crippen LogP) is 4.29. The number of carbonyl (C=O) groups excluding carboxylic acids is 1. The highest BCUT2D eigenvalue weighted by Gasteiger charge is 2.43. The average Bonchev–Trinajstić information content (AvgIpc) is 3.23. The number of para-hydroxylation sites is 1. The molecule has 2 N–H and O–H groups in total. The Hall–Kier alpha value is -3.31. The number of nitrogens with zero attached hydrogens (tertiary/aromatic N) is 1. The molecule has 1 amide bonds. The summed E-state index contributed by atoms with van der Waals surface area (Å²) < 4.78 is 11.0. The number of benzene rings is 3. The van der Waals surface area contributed by atoms with Crippen molar-refractivity contribution in [3.05, 3.63) is 83.9 Å². The molecule has 1 saturated heterocycles. The van der Waals surface area contributed by atoms with Gasteiger partial charge in [0.05, 0.1) is 19.6 Å². The lowest BCUT2D eigenvalue weighted by Crippen LogP contribution is -2.41. The first-order valence-corrected chi connectivity index (χ1v) is 10.9. The summed E-state index contributed by atoms with van der Waals surface area (Å²) >= 11 is 0. The summed E-state index contributed by atoms with van der Waals surface area (Å²) in [6, 6.07) is 24.6. The topological polar surface area (TPSA) is 64.8 Å². The summed E-state index contributed by atoms with van der Waals surface area (Å²) in [7, 11) is 3.29. The van der Waals surface area contributed by atoms with Crippen LogP contribution in [-0.4, -0.2) is 38.1 Å². The van der Waals surface area contributed by atoms with Crippen LogP contribution in [0.1, 0.15) is 17.5 Å². The van der Waals surface area contributed by atoms with E-state index < -0.39 is 5.41 Å². The highest BCUT2D eigenvalue weighted by atomic mass is 16.5. The Kier molecular flexibility index (Phi) is 6.47. The number of ether oxygens (including phenoxy) is 2. The van der Waals surface area contributed by atoms with Crippen LogP contribution in [0.5, 0.6) is 11.5 Å². The standard InChI is InChI=1S/C27H30N2O3/c1-31-24-10-6-9-23(25(24)32-2)18-29-16-15-27(19-29,26(28)30)17-20-11-13-22(14-12-20)21-7-4-3-5-8-21/h3-14H,15-19H2,1-2H3,(H2,28,30)/t27-/m1/s1. The molecular formula is C27H30N2O3. The zero-order valence-corrected chi connectivity index (χ0v) is 18.7. The average molecular weight is 431 g/mol. The molecule has 0 aliphatic carbocycles. The Morgan fingerprint density at radius 2 is 1.66 bits per heavy atom. The second kappa shape index (κ2) is 9.45. The van der Waals surface area contributed by atoms with Gasteiger partial charge in [0, 0.05) is 18.7 Å². The fraction of sp³-hybridized carbons (Fsp3) is 0.296. The molecule has 0 aromatic heterocycles. The third-order valence-electron chi connectivity index (χ3n) is 6.44. The molecule has 0 saturated carbocycles. The van der Waals surface area contributed by atoms with Crippen molar-refractivity contribution in [3.8, 4) is 22.6 Å². The number of primary amides is 1. The SMILES string of the molecule is COc1cccc(CN2CC[C@](Cc3ccc(-c4ccccc4)cc3)(C(N)=O)C2)c1OC. The van der Waals surface area contributed by atoms with Crippen molar-refractivity contribution in [1.82, 2.24) is 4.90 Å². The molecule has 1 fully saturated rings.